The minimum Gasteiger partial charge on any atom is -0.504 e. The lowest BCUT2D eigenvalue weighted by Gasteiger charge is -2.17. The molecule has 22 heavy (non-hydrogen) atoms. The molecule has 2 aromatic rings. The predicted octanol–water partition coefficient (Wildman–Crippen LogP) is 1.43. The molecular formula is C13H12ClN3O5. The molecule has 0 aromatic carbocycles. The van der Waals surface area contributed by atoms with Crippen molar-refractivity contribution in [2.24, 2.45) is 0 Å². The van der Waals surface area contributed by atoms with Gasteiger partial charge in [0.2, 0.25) is 12.3 Å². The summed E-state index contributed by atoms with van der Waals surface area (Å²) in [6, 6.07) is 3.03. The Labute approximate surface area is 129 Å². The lowest BCUT2D eigenvalue weighted by atomic mass is 10.2. The van der Waals surface area contributed by atoms with Crippen molar-refractivity contribution in [2.75, 3.05) is 18.1 Å². The van der Waals surface area contributed by atoms with Crippen molar-refractivity contribution in [3.05, 3.63) is 17.3 Å². The highest BCUT2D eigenvalue weighted by Crippen LogP contribution is 2.36. The van der Waals surface area contributed by atoms with Crippen LogP contribution >= 0.6 is 11.6 Å². The molecule has 2 N–H and O–H groups in total. The SMILES string of the molecule is CCOc1ccc2c(O)c(N(C=O)CC(=O)O)nc(Cl)c2n1. The minimum atomic E-state index is -1.26. The first kappa shape index (κ1) is 15.8. The fraction of sp³-hybridized carbons (Fsp3) is 0.231. The number of ether oxygens (including phenoxy) is 1. The smallest absolute Gasteiger partial charge is 0.323 e. The minimum absolute atomic E-state index is 0.0819. The lowest BCUT2D eigenvalue weighted by Crippen LogP contribution is -2.29. The number of rotatable bonds is 6. The fourth-order valence-corrected chi connectivity index (χ4v) is 2.07. The number of carboxylic acid groups (broad SMARTS) is 1. The number of carbonyl (C=O) groups is 2. The first-order valence-corrected chi connectivity index (χ1v) is 6.61. The summed E-state index contributed by atoms with van der Waals surface area (Å²) < 4.78 is 5.24. The number of nitrogens with zero attached hydrogens (tertiary/aromatic N) is 3. The standard InChI is InChI=1S/C13H12ClN3O5/c1-2-22-8-4-3-7-10(15-8)12(14)16-13(11(7)21)17(6-18)5-9(19)20/h3-4,6,21H,2,5H2,1H3,(H,19,20). The van der Waals surface area contributed by atoms with Gasteiger partial charge in [-0.3, -0.25) is 14.5 Å². The van der Waals surface area contributed by atoms with Crippen LogP contribution in [0.25, 0.3) is 10.9 Å². The number of anilines is 1. The first-order chi connectivity index (χ1) is 10.5. The molecule has 0 saturated carbocycles. The summed E-state index contributed by atoms with van der Waals surface area (Å²) in [5.74, 6) is -1.58. The Morgan fingerprint density at radius 1 is 1.45 bits per heavy atom. The van der Waals surface area contributed by atoms with Gasteiger partial charge < -0.3 is 14.9 Å². The second kappa shape index (κ2) is 6.44. The number of halogens is 1. The second-order valence-corrected chi connectivity index (χ2v) is 4.54. The molecule has 8 nitrogen and oxygen atoms in total. The number of pyridine rings is 2. The van der Waals surface area contributed by atoms with Crippen LogP contribution in [0.15, 0.2) is 12.1 Å². The molecular weight excluding hydrogens is 314 g/mol. The number of aromatic nitrogens is 2. The van der Waals surface area contributed by atoms with E-state index < -0.39 is 12.5 Å². The zero-order valence-corrected chi connectivity index (χ0v) is 12.2. The fourth-order valence-electron chi connectivity index (χ4n) is 1.85. The molecule has 0 unspecified atom stereocenters. The van der Waals surface area contributed by atoms with Crippen LogP contribution in [-0.2, 0) is 9.59 Å². The monoisotopic (exact) mass is 325 g/mol. The van der Waals surface area contributed by atoms with Crippen LogP contribution in [0, 0.1) is 0 Å². The number of aromatic hydroxyl groups is 1. The molecule has 0 aliphatic carbocycles. The van der Waals surface area contributed by atoms with E-state index in [9.17, 15) is 14.7 Å². The van der Waals surface area contributed by atoms with Gasteiger partial charge in [-0.2, -0.15) is 0 Å². The number of carbonyl (C=O) groups excluding carboxylic acids is 1. The Kier molecular flexibility index (Phi) is 4.62. The Hall–Kier alpha value is -2.61. The van der Waals surface area contributed by atoms with Gasteiger partial charge in [0.05, 0.1) is 6.61 Å². The van der Waals surface area contributed by atoms with Gasteiger partial charge in [-0.25, -0.2) is 9.97 Å². The maximum Gasteiger partial charge on any atom is 0.323 e. The third kappa shape index (κ3) is 3.01. The summed E-state index contributed by atoms with van der Waals surface area (Å²) >= 11 is 6.01. The highest BCUT2D eigenvalue weighted by molar-refractivity contribution is 6.34. The second-order valence-electron chi connectivity index (χ2n) is 4.18. The maximum atomic E-state index is 11.0. The van der Waals surface area contributed by atoms with Crippen LogP contribution < -0.4 is 9.64 Å². The first-order valence-electron chi connectivity index (χ1n) is 6.23. The van der Waals surface area contributed by atoms with E-state index >= 15 is 0 Å². The maximum absolute atomic E-state index is 11.0. The molecule has 0 bridgehead atoms. The van der Waals surface area contributed by atoms with E-state index in [1.165, 1.54) is 12.1 Å². The highest BCUT2D eigenvalue weighted by Gasteiger charge is 2.20. The number of carboxylic acids is 1. The summed E-state index contributed by atoms with van der Waals surface area (Å²) in [5.41, 5.74) is 0.190. The van der Waals surface area contributed by atoms with E-state index in [2.05, 4.69) is 9.97 Å². The summed E-state index contributed by atoms with van der Waals surface area (Å²) in [7, 11) is 0. The van der Waals surface area contributed by atoms with Gasteiger partial charge >= 0.3 is 5.97 Å². The molecule has 0 saturated heterocycles. The molecule has 0 radical (unpaired) electrons. The zero-order chi connectivity index (χ0) is 16.3. The molecule has 1 amide bonds. The van der Waals surface area contributed by atoms with Crippen LogP contribution in [0.4, 0.5) is 5.82 Å². The Balaban J connectivity index is 2.59. The largest absolute Gasteiger partial charge is 0.504 e. The molecule has 116 valence electrons. The third-order valence-electron chi connectivity index (χ3n) is 2.73. The Morgan fingerprint density at radius 2 is 2.18 bits per heavy atom. The van der Waals surface area contributed by atoms with E-state index in [-0.39, 0.29) is 34.0 Å². The van der Waals surface area contributed by atoms with Gasteiger partial charge in [-0.15, -0.1) is 0 Å². The zero-order valence-electron chi connectivity index (χ0n) is 11.5. The molecule has 2 rings (SSSR count). The van der Waals surface area contributed by atoms with Crippen molar-refractivity contribution in [3.8, 4) is 11.6 Å². The summed E-state index contributed by atoms with van der Waals surface area (Å²) in [4.78, 5) is 30.5. The molecule has 9 heteroatoms. The molecule has 0 aliphatic rings. The quantitative estimate of drug-likeness (QED) is 0.610. The molecule has 2 aromatic heterocycles. The van der Waals surface area contributed by atoms with Gasteiger partial charge in [0.1, 0.15) is 12.1 Å². The number of fused-ring (bicyclic) bond motifs is 1. The Bertz CT molecular complexity index is 737. The van der Waals surface area contributed by atoms with Crippen LogP contribution in [0.5, 0.6) is 11.6 Å². The van der Waals surface area contributed by atoms with Crippen molar-refractivity contribution in [2.45, 2.75) is 6.92 Å². The Morgan fingerprint density at radius 3 is 2.77 bits per heavy atom. The van der Waals surface area contributed by atoms with E-state index in [0.717, 1.165) is 4.90 Å². The van der Waals surface area contributed by atoms with E-state index in [0.29, 0.717) is 12.5 Å². The topological polar surface area (TPSA) is 113 Å². The molecule has 0 atom stereocenters. The average molecular weight is 326 g/mol. The van der Waals surface area contributed by atoms with Gasteiger partial charge in [0.25, 0.3) is 0 Å². The molecule has 0 spiro atoms. The van der Waals surface area contributed by atoms with Gasteiger partial charge in [-0.05, 0) is 13.0 Å². The van der Waals surface area contributed by atoms with Crippen molar-refractivity contribution in [1.82, 2.24) is 9.97 Å². The summed E-state index contributed by atoms with van der Waals surface area (Å²) in [6.07, 6.45) is 0.250. The van der Waals surface area contributed by atoms with Crippen LogP contribution in [0.3, 0.4) is 0 Å². The number of hydrogen-bond acceptors (Lipinski definition) is 6. The van der Waals surface area contributed by atoms with Crippen LogP contribution in [0.2, 0.25) is 5.15 Å². The molecule has 0 aliphatic heterocycles. The van der Waals surface area contributed by atoms with Crippen molar-refractivity contribution in [1.29, 1.82) is 0 Å². The van der Waals surface area contributed by atoms with Crippen molar-refractivity contribution in [3.63, 3.8) is 0 Å². The third-order valence-corrected chi connectivity index (χ3v) is 3.00. The van der Waals surface area contributed by atoms with E-state index in [4.69, 9.17) is 21.4 Å². The molecule has 0 fully saturated rings. The van der Waals surface area contributed by atoms with Gasteiger partial charge in [0.15, 0.2) is 16.7 Å². The van der Waals surface area contributed by atoms with Crippen molar-refractivity contribution < 1.29 is 24.5 Å². The average Bonchev–Trinajstić information content (AvgIpc) is 2.49. The normalized spacial score (nSPS) is 10.5. The lowest BCUT2D eigenvalue weighted by molar-refractivity contribution is -0.136. The van der Waals surface area contributed by atoms with E-state index in [1.807, 2.05) is 0 Å². The number of amides is 1. The van der Waals surface area contributed by atoms with Crippen LogP contribution in [-0.4, -0.2) is 45.7 Å². The molecule has 2 heterocycles. The van der Waals surface area contributed by atoms with E-state index in [1.54, 1.807) is 6.92 Å². The summed E-state index contributed by atoms with van der Waals surface area (Å²) in [6.45, 7) is 1.54. The number of hydrogen-bond donors (Lipinski definition) is 2. The van der Waals surface area contributed by atoms with Gasteiger partial charge in [0, 0.05) is 11.5 Å². The highest BCUT2D eigenvalue weighted by atomic mass is 35.5. The van der Waals surface area contributed by atoms with Gasteiger partial charge in [-0.1, -0.05) is 11.6 Å². The van der Waals surface area contributed by atoms with Crippen molar-refractivity contribution >= 4 is 40.7 Å². The summed E-state index contributed by atoms with van der Waals surface area (Å²) in [5, 5.41) is 19.1. The van der Waals surface area contributed by atoms with Crippen LogP contribution in [0.1, 0.15) is 6.92 Å². The predicted molar refractivity (Wildman–Crippen MR) is 78.4 cm³/mol. The number of aliphatic carboxylic acids is 1.